The van der Waals surface area contributed by atoms with E-state index in [1.807, 2.05) is 84.9 Å². The van der Waals surface area contributed by atoms with E-state index in [1.54, 1.807) is 0 Å². The van der Waals surface area contributed by atoms with Crippen LogP contribution in [0.2, 0.25) is 0 Å². The van der Waals surface area contributed by atoms with Gasteiger partial charge in [-0.25, -0.2) is 4.79 Å². The predicted molar refractivity (Wildman–Crippen MR) is 99.3 cm³/mol. The van der Waals surface area contributed by atoms with Crippen LogP contribution in [0.4, 0.5) is 0 Å². The van der Waals surface area contributed by atoms with Crippen LogP contribution in [0.5, 0.6) is 0 Å². The number of hydrogen-bond acceptors (Lipinski definition) is 2. The van der Waals surface area contributed by atoms with Gasteiger partial charge in [-0.15, -0.1) is 0 Å². The molecule has 0 amide bonds. The summed E-state index contributed by atoms with van der Waals surface area (Å²) in [5, 5.41) is 0.874. The SMILES string of the molecule is O=C(OCc1ccccc1)c1c(-c2ccccc2)[nH]c2ccccc12. The first-order valence-corrected chi connectivity index (χ1v) is 8.20. The zero-order chi connectivity index (χ0) is 17.1. The number of carbonyl (C=O) groups is 1. The number of hydrogen-bond donors (Lipinski definition) is 1. The normalized spacial score (nSPS) is 10.7. The number of benzene rings is 3. The zero-order valence-electron chi connectivity index (χ0n) is 13.6. The molecule has 0 aliphatic heterocycles. The molecule has 0 saturated carbocycles. The van der Waals surface area contributed by atoms with Crippen LogP contribution in [0.3, 0.4) is 0 Å². The summed E-state index contributed by atoms with van der Waals surface area (Å²) < 4.78 is 5.58. The first kappa shape index (κ1) is 15.2. The molecule has 0 aliphatic rings. The maximum Gasteiger partial charge on any atom is 0.341 e. The van der Waals surface area contributed by atoms with Gasteiger partial charge < -0.3 is 9.72 Å². The Hall–Kier alpha value is -3.33. The van der Waals surface area contributed by atoms with E-state index in [0.717, 1.165) is 27.7 Å². The quantitative estimate of drug-likeness (QED) is 0.524. The number of rotatable bonds is 4. The third-order valence-corrected chi connectivity index (χ3v) is 4.19. The summed E-state index contributed by atoms with van der Waals surface area (Å²) in [6.07, 6.45) is 0. The van der Waals surface area contributed by atoms with Crippen LogP contribution >= 0.6 is 0 Å². The standard InChI is InChI=1S/C22H17NO2/c24-22(25-15-16-9-3-1-4-10-16)20-18-13-7-8-14-19(18)23-21(20)17-11-5-2-6-12-17/h1-14,23H,15H2. The molecule has 0 aliphatic carbocycles. The predicted octanol–water partition coefficient (Wildman–Crippen LogP) is 5.19. The fraction of sp³-hybridized carbons (Fsp3) is 0.0455. The van der Waals surface area contributed by atoms with E-state index in [1.165, 1.54) is 0 Å². The molecule has 0 bridgehead atoms. The second-order valence-corrected chi connectivity index (χ2v) is 5.85. The van der Waals surface area contributed by atoms with Crippen LogP contribution in [-0.2, 0) is 11.3 Å². The average molecular weight is 327 g/mol. The van der Waals surface area contributed by atoms with E-state index < -0.39 is 0 Å². The van der Waals surface area contributed by atoms with Crippen LogP contribution in [0, 0.1) is 0 Å². The van der Waals surface area contributed by atoms with E-state index in [0.29, 0.717) is 5.56 Å². The molecule has 1 aromatic heterocycles. The molecule has 0 atom stereocenters. The number of aromatic amines is 1. The van der Waals surface area contributed by atoms with Gasteiger partial charge in [-0.05, 0) is 17.2 Å². The number of ether oxygens (including phenoxy) is 1. The summed E-state index contributed by atoms with van der Waals surface area (Å²) in [5.41, 5.74) is 4.23. The van der Waals surface area contributed by atoms with Gasteiger partial charge >= 0.3 is 5.97 Å². The summed E-state index contributed by atoms with van der Waals surface area (Å²) in [6, 6.07) is 27.3. The Morgan fingerprint density at radius 1 is 0.800 bits per heavy atom. The van der Waals surface area contributed by atoms with Crippen LogP contribution in [0.15, 0.2) is 84.9 Å². The highest BCUT2D eigenvalue weighted by molar-refractivity contribution is 6.10. The molecule has 4 aromatic rings. The Labute approximate surface area is 145 Å². The fourth-order valence-corrected chi connectivity index (χ4v) is 2.97. The van der Waals surface area contributed by atoms with Crippen molar-refractivity contribution < 1.29 is 9.53 Å². The van der Waals surface area contributed by atoms with Gasteiger partial charge in [-0.3, -0.25) is 0 Å². The molecule has 0 radical (unpaired) electrons. The van der Waals surface area contributed by atoms with E-state index in [4.69, 9.17) is 4.74 Å². The summed E-state index contributed by atoms with van der Waals surface area (Å²) in [7, 11) is 0. The fourth-order valence-electron chi connectivity index (χ4n) is 2.97. The van der Waals surface area contributed by atoms with E-state index >= 15 is 0 Å². The van der Waals surface area contributed by atoms with E-state index in [2.05, 4.69) is 4.98 Å². The van der Waals surface area contributed by atoms with Crippen molar-refractivity contribution >= 4 is 16.9 Å². The molecule has 0 spiro atoms. The molecule has 3 heteroatoms. The highest BCUT2D eigenvalue weighted by atomic mass is 16.5. The summed E-state index contributed by atoms with van der Waals surface area (Å²) in [6.45, 7) is 0.257. The van der Waals surface area contributed by atoms with Crippen LogP contribution < -0.4 is 0 Å². The van der Waals surface area contributed by atoms with Crippen molar-refractivity contribution in [2.75, 3.05) is 0 Å². The molecular formula is C22H17NO2. The second kappa shape index (κ2) is 6.65. The molecule has 3 nitrogen and oxygen atoms in total. The second-order valence-electron chi connectivity index (χ2n) is 5.85. The maximum absolute atomic E-state index is 12.8. The smallest absolute Gasteiger partial charge is 0.341 e. The van der Waals surface area contributed by atoms with Gasteiger partial charge in [0.2, 0.25) is 0 Å². The number of para-hydroxylation sites is 1. The van der Waals surface area contributed by atoms with Crippen molar-refractivity contribution in [1.82, 2.24) is 4.98 Å². The Kier molecular flexibility index (Phi) is 4.05. The van der Waals surface area contributed by atoms with Gasteiger partial charge in [0, 0.05) is 10.9 Å². The molecule has 0 unspecified atom stereocenters. The maximum atomic E-state index is 12.8. The van der Waals surface area contributed by atoms with Gasteiger partial charge in [0.05, 0.1) is 11.3 Å². The van der Waals surface area contributed by atoms with E-state index in [-0.39, 0.29) is 12.6 Å². The first-order chi connectivity index (χ1) is 12.3. The zero-order valence-corrected chi connectivity index (χ0v) is 13.6. The number of carbonyl (C=O) groups excluding carboxylic acids is 1. The monoisotopic (exact) mass is 327 g/mol. The number of H-pyrrole nitrogens is 1. The Morgan fingerprint density at radius 3 is 2.20 bits per heavy atom. The molecule has 122 valence electrons. The largest absolute Gasteiger partial charge is 0.457 e. The Morgan fingerprint density at radius 2 is 1.44 bits per heavy atom. The van der Waals surface area contributed by atoms with Crippen molar-refractivity contribution in [2.45, 2.75) is 6.61 Å². The highest BCUT2D eigenvalue weighted by Crippen LogP contribution is 2.31. The first-order valence-electron chi connectivity index (χ1n) is 8.20. The van der Waals surface area contributed by atoms with Crippen molar-refractivity contribution in [1.29, 1.82) is 0 Å². The minimum Gasteiger partial charge on any atom is -0.457 e. The van der Waals surface area contributed by atoms with Crippen LogP contribution in [0.1, 0.15) is 15.9 Å². The summed E-state index contributed by atoms with van der Waals surface area (Å²) >= 11 is 0. The lowest BCUT2D eigenvalue weighted by Gasteiger charge is -2.07. The molecular weight excluding hydrogens is 310 g/mol. The topological polar surface area (TPSA) is 42.1 Å². The van der Waals surface area contributed by atoms with Crippen molar-refractivity contribution in [3.05, 3.63) is 96.1 Å². The molecule has 1 N–H and O–H groups in total. The van der Waals surface area contributed by atoms with Crippen LogP contribution in [-0.4, -0.2) is 11.0 Å². The minimum absolute atomic E-state index is 0.257. The summed E-state index contributed by atoms with van der Waals surface area (Å²) in [4.78, 5) is 16.2. The molecule has 0 fully saturated rings. The van der Waals surface area contributed by atoms with Crippen LogP contribution in [0.25, 0.3) is 22.2 Å². The van der Waals surface area contributed by atoms with Crippen molar-refractivity contribution in [3.63, 3.8) is 0 Å². The summed E-state index contributed by atoms with van der Waals surface area (Å²) in [5.74, 6) is -0.319. The third-order valence-electron chi connectivity index (χ3n) is 4.19. The highest BCUT2D eigenvalue weighted by Gasteiger charge is 2.20. The van der Waals surface area contributed by atoms with Crippen molar-refractivity contribution in [3.8, 4) is 11.3 Å². The number of fused-ring (bicyclic) bond motifs is 1. The van der Waals surface area contributed by atoms with Gasteiger partial charge in [-0.2, -0.15) is 0 Å². The molecule has 25 heavy (non-hydrogen) atoms. The third kappa shape index (κ3) is 3.04. The van der Waals surface area contributed by atoms with Gasteiger partial charge in [0.15, 0.2) is 0 Å². The van der Waals surface area contributed by atoms with Crippen molar-refractivity contribution in [2.24, 2.45) is 0 Å². The van der Waals surface area contributed by atoms with Gasteiger partial charge in [0.1, 0.15) is 6.61 Å². The molecule has 1 heterocycles. The Balaban J connectivity index is 1.73. The Bertz CT molecular complexity index is 1000. The minimum atomic E-state index is -0.319. The molecule has 0 saturated heterocycles. The molecule has 3 aromatic carbocycles. The lowest BCUT2D eigenvalue weighted by Crippen LogP contribution is -2.06. The lowest BCUT2D eigenvalue weighted by molar-refractivity contribution is 0.0476. The van der Waals surface area contributed by atoms with E-state index in [9.17, 15) is 4.79 Å². The molecule has 4 rings (SSSR count). The number of esters is 1. The lowest BCUT2D eigenvalue weighted by atomic mass is 10.1. The number of nitrogens with one attached hydrogen (secondary N) is 1. The van der Waals surface area contributed by atoms with Gasteiger partial charge in [0.25, 0.3) is 0 Å². The average Bonchev–Trinajstić information content (AvgIpc) is 3.07. The van der Waals surface area contributed by atoms with Gasteiger partial charge in [-0.1, -0.05) is 78.9 Å². The number of aromatic nitrogens is 1.